The Morgan fingerprint density at radius 3 is 2.46 bits per heavy atom. The van der Waals surface area contributed by atoms with E-state index in [-0.39, 0.29) is 17.0 Å². The van der Waals surface area contributed by atoms with Gasteiger partial charge in [-0.3, -0.25) is 19.1 Å². The van der Waals surface area contributed by atoms with E-state index in [0.29, 0.717) is 27.9 Å². The van der Waals surface area contributed by atoms with Crippen LogP contribution in [-0.2, 0) is 11.3 Å². The summed E-state index contributed by atoms with van der Waals surface area (Å²) in [5, 5.41) is 9.61. The maximum Gasteiger partial charge on any atom is 0.270 e. The third-order valence-corrected chi connectivity index (χ3v) is 6.54. The van der Waals surface area contributed by atoms with E-state index >= 15 is 0 Å². The Bertz CT molecular complexity index is 952. The Morgan fingerprint density at radius 2 is 1.93 bits per heavy atom. The molecule has 0 N–H and O–H groups in total. The highest BCUT2D eigenvalue weighted by Crippen LogP contribution is 2.36. The molecule has 8 heteroatoms. The predicted molar refractivity (Wildman–Crippen MR) is 117 cm³/mol. The highest BCUT2D eigenvalue weighted by Gasteiger charge is 2.32. The number of nitrogens with zero attached hydrogens (tertiary/aromatic N) is 4. The van der Waals surface area contributed by atoms with Crippen molar-refractivity contribution < 1.29 is 4.79 Å². The summed E-state index contributed by atoms with van der Waals surface area (Å²) >= 11 is 6.61. The van der Waals surface area contributed by atoms with Crippen molar-refractivity contribution in [3.05, 3.63) is 31.9 Å². The zero-order valence-electron chi connectivity index (χ0n) is 16.4. The van der Waals surface area contributed by atoms with Crippen LogP contribution >= 0.6 is 24.0 Å². The van der Waals surface area contributed by atoms with Crippen molar-refractivity contribution in [1.82, 2.24) is 9.47 Å². The highest BCUT2D eigenvalue weighted by atomic mass is 32.2. The van der Waals surface area contributed by atoms with E-state index in [1.54, 1.807) is 16.4 Å². The third-order valence-electron chi connectivity index (χ3n) is 5.16. The van der Waals surface area contributed by atoms with Gasteiger partial charge in [0.05, 0.1) is 4.91 Å². The fourth-order valence-electron chi connectivity index (χ4n) is 3.75. The summed E-state index contributed by atoms with van der Waals surface area (Å²) < 4.78 is 2.25. The second kappa shape index (κ2) is 8.50. The van der Waals surface area contributed by atoms with Crippen LogP contribution in [0, 0.1) is 18.3 Å². The summed E-state index contributed by atoms with van der Waals surface area (Å²) in [7, 11) is 0. The number of pyridine rings is 1. The smallest absolute Gasteiger partial charge is 0.270 e. The van der Waals surface area contributed by atoms with E-state index in [1.807, 2.05) is 19.9 Å². The van der Waals surface area contributed by atoms with Gasteiger partial charge in [-0.2, -0.15) is 5.26 Å². The molecule has 0 aliphatic carbocycles. The van der Waals surface area contributed by atoms with Gasteiger partial charge in [-0.25, -0.2) is 0 Å². The molecule has 0 radical (unpaired) electrons. The Labute approximate surface area is 174 Å². The number of thioether (sulfide) groups is 1. The molecule has 148 valence electrons. The largest absolute Gasteiger partial charge is 0.357 e. The summed E-state index contributed by atoms with van der Waals surface area (Å²) in [5.41, 5.74) is 1.31. The number of hydrogen-bond acceptors (Lipinski definition) is 6. The van der Waals surface area contributed by atoms with Gasteiger partial charge in [0.15, 0.2) is 0 Å². The van der Waals surface area contributed by atoms with E-state index in [2.05, 4.69) is 11.0 Å². The maximum absolute atomic E-state index is 13.0. The number of rotatable bonds is 5. The van der Waals surface area contributed by atoms with E-state index < -0.39 is 0 Å². The van der Waals surface area contributed by atoms with Crippen molar-refractivity contribution in [1.29, 1.82) is 5.26 Å². The average Bonchev–Trinajstić information content (AvgIpc) is 3.28. The van der Waals surface area contributed by atoms with Crippen molar-refractivity contribution in [3.63, 3.8) is 0 Å². The number of aromatic nitrogens is 1. The molecule has 2 fully saturated rings. The molecule has 3 rings (SSSR count). The van der Waals surface area contributed by atoms with E-state index in [4.69, 9.17) is 12.2 Å². The lowest BCUT2D eigenvalue weighted by atomic mass is 10.0. The van der Waals surface area contributed by atoms with Crippen LogP contribution in [0.4, 0.5) is 5.82 Å². The van der Waals surface area contributed by atoms with Crippen LogP contribution in [0.2, 0.25) is 0 Å². The normalized spacial score (nSPS) is 18.4. The number of anilines is 1. The number of nitriles is 1. The quantitative estimate of drug-likeness (QED) is 0.542. The average molecular weight is 417 g/mol. The lowest BCUT2D eigenvalue weighted by Crippen LogP contribution is -2.33. The van der Waals surface area contributed by atoms with Crippen LogP contribution in [0.1, 0.15) is 49.8 Å². The van der Waals surface area contributed by atoms with Gasteiger partial charge < -0.3 is 4.90 Å². The molecular formula is C20H24N4O2S2. The number of likely N-dealkylation sites (N-methyl/N-ethyl adjacent to an activating group) is 1. The summed E-state index contributed by atoms with van der Waals surface area (Å²) in [4.78, 5) is 30.0. The predicted octanol–water partition coefficient (Wildman–Crippen LogP) is 3.26. The minimum Gasteiger partial charge on any atom is -0.357 e. The van der Waals surface area contributed by atoms with Gasteiger partial charge in [-0.1, -0.05) is 30.9 Å². The number of thiocarbonyl (C=S) groups is 1. The Morgan fingerprint density at radius 1 is 1.25 bits per heavy atom. The van der Waals surface area contributed by atoms with Crippen molar-refractivity contribution in [2.24, 2.45) is 0 Å². The summed E-state index contributed by atoms with van der Waals surface area (Å²) in [5.74, 6) is 0.707. The van der Waals surface area contributed by atoms with Gasteiger partial charge in [-0.05, 0) is 44.7 Å². The number of carbonyl (C=O) groups is 1. The zero-order valence-corrected chi connectivity index (χ0v) is 18.1. The molecule has 0 bridgehead atoms. The first-order valence-corrected chi connectivity index (χ1v) is 10.8. The van der Waals surface area contributed by atoms with Gasteiger partial charge in [0.2, 0.25) is 0 Å². The summed E-state index contributed by atoms with van der Waals surface area (Å²) in [6.45, 7) is 8.50. The first kappa shape index (κ1) is 20.6. The molecule has 3 heterocycles. The van der Waals surface area contributed by atoms with Gasteiger partial charge in [-0.15, -0.1) is 0 Å². The summed E-state index contributed by atoms with van der Waals surface area (Å²) in [6.07, 6.45) is 4.74. The van der Waals surface area contributed by atoms with E-state index in [1.165, 1.54) is 11.8 Å². The highest BCUT2D eigenvalue weighted by molar-refractivity contribution is 8.26. The van der Waals surface area contributed by atoms with Gasteiger partial charge in [0.1, 0.15) is 21.8 Å². The van der Waals surface area contributed by atoms with Crippen molar-refractivity contribution in [2.45, 2.75) is 46.6 Å². The first-order valence-electron chi connectivity index (χ1n) is 9.62. The number of carbonyl (C=O) groups excluding carboxylic acids is 1. The van der Waals surface area contributed by atoms with Gasteiger partial charge in [0, 0.05) is 31.7 Å². The first-order chi connectivity index (χ1) is 13.4. The Kier molecular flexibility index (Phi) is 6.26. The van der Waals surface area contributed by atoms with Crippen LogP contribution in [0.25, 0.3) is 6.08 Å². The molecule has 1 aromatic rings. The van der Waals surface area contributed by atoms with E-state index in [9.17, 15) is 14.9 Å². The Hall–Kier alpha value is -2.11. The second-order valence-electron chi connectivity index (χ2n) is 6.93. The van der Waals surface area contributed by atoms with Crippen molar-refractivity contribution in [2.75, 3.05) is 24.5 Å². The molecule has 2 saturated heterocycles. The topological polar surface area (TPSA) is 69.3 Å². The van der Waals surface area contributed by atoms with Gasteiger partial charge in [0.25, 0.3) is 11.5 Å². The Balaban J connectivity index is 2.27. The van der Waals surface area contributed by atoms with Gasteiger partial charge >= 0.3 is 0 Å². The fourth-order valence-corrected chi connectivity index (χ4v) is 5.11. The molecule has 0 atom stereocenters. The molecule has 2 aliphatic heterocycles. The SMILES string of the molecule is CCCn1c(N2CCCC2)c(/C=C2\SC(=S)N(CC)C2=O)c(C)c(C#N)c1=O. The van der Waals surface area contributed by atoms with Crippen molar-refractivity contribution >= 4 is 46.1 Å². The lowest BCUT2D eigenvalue weighted by Gasteiger charge is -2.26. The van der Waals surface area contributed by atoms with Crippen LogP contribution < -0.4 is 10.5 Å². The molecule has 2 aliphatic rings. The molecule has 0 unspecified atom stereocenters. The van der Waals surface area contributed by atoms with Crippen molar-refractivity contribution in [3.8, 4) is 6.07 Å². The molecule has 1 amide bonds. The molecule has 0 spiro atoms. The summed E-state index contributed by atoms with van der Waals surface area (Å²) in [6, 6.07) is 2.08. The molecule has 1 aromatic heterocycles. The van der Waals surface area contributed by atoms with E-state index in [0.717, 1.165) is 43.7 Å². The number of hydrogen-bond donors (Lipinski definition) is 0. The van der Waals surface area contributed by atoms with Crippen LogP contribution in [-0.4, -0.2) is 39.3 Å². The zero-order chi connectivity index (χ0) is 20.4. The maximum atomic E-state index is 13.0. The van der Waals surface area contributed by atoms with Crippen LogP contribution in [0.15, 0.2) is 9.70 Å². The molecule has 0 aromatic carbocycles. The van der Waals surface area contributed by atoms with Crippen LogP contribution in [0.3, 0.4) is 0 Å². The second-order valence-corrected chi connectivity index (χ2v) is 8.60. The molecule has 0 saturated carbocycles. The lowest BCUT2D eigenvalue weighted by molar-refractivity contribution is -0.121. The monoisotopic (exact) mass is 416 g/mol. The molecule has 28 heavy (non-hydrogen) atoms. The molecular weight excluding hydrogens is 392 g/mol. The third kappa shape index (κ3) is 3.49. The number of amides is 1. The van der Waals surface area contributed by atoms with Crippen LogP contribution in [0.5, 0.6) is 0 Å². The fraction of sp³-hybridized carbons (Fsp3) is 0.500. The minimum absolute atomic E-state index is 0.115. The minimum atomic E-state index is -0.248. The molecule has 6 nitrogen and oxygen atoms in total. The standard InChI is InChI=1S/C20H24N4O2S2/c1-4-8-24-17(22-9-6-7-10-22)14(13(3)15(12-21)18(24)25)11-16-19(26)23(5-2)20(27)28-16/h11H,4-10H2,1-3H3/b16-11-.